The average Bonchev–Trinajstić information content (AvgIpc) is 2.41. The summed E-state index contributed by atoms with van der Waals surface area (Å²) in [6.45, 7) is 0.251. The van der Waals surface area contributed by atoms with Crippen LogP contribution in [0.3, 0.4) is 0 Å². The molecule has 0 aromatic carbocycles. The molecule has 1 unspecified atom stereocenters. The van der Waals surface area contributed by atoms with Gasteiger partial charge in [-0.3, -0.25) is 0 Å². The van der Waals surface area contributed by atoms with Crippen molar-refractivity contribution in [2.24, 2.45) is 5.92 Å². The molecule has 104 valence electrons. The molecule has 1 saturated carbocycles. The second-order valence-electron chi connectivity index (χ2n) is 5.40. The van der Waals surface area contributed by atoms with Crippen LogP contribution in [0.2, 0.25) is 0 Å². The maximum atomic E-state index is 11.4. The van der Waals surface area contributed by atoms with Crippen molar-refractivity contribution < 1.29 is 9.90 Å². The Kier molecular flexibility index (Phi) is 4.88. The largest absolute Gasteiger partial charge is 0.396 e. The minimum Gasteiger partial charge on any atom is -0.396 e. The quantitative estimate of drug-likeness (QED) is 0.574. The number of aldehydes is 1. The van der Waals surface area contributed by atoms with Gasteiger partial charge >= 0.3 is 0 Å². The molecule has 0 aromatic rings. The highest BCUT2D eigenvalue weighted by atomic mass is 32.1. The van der Waals surface area contributed by atoms with Gasteiger partial charge in [-0.15, -0.1) is 0 Å². The summed E-state index contributed by atoms with van der Waals surface area (Å²) < 4.78 is 0. The Labute approximate surface area is 120 Å². The predicted octanol–water partition coefficient (Wildman–Crippen LogP) is 2.60. The minimum atomic E-state index is -0.393. The number of nitrogens with zero attached hydrogens (tertiary/aromatic N) is 1. The lowest BCUT2D eigenvalue weighted by Gasteiger charge is -2.46. The Balaban J connectivity index is 2.02. The van der Waals surface area contributed by atoms with Gasteiger partial charge in [-0.1, -0.05) is 24.4 Å². The van der Waals surface area contributed by atoms with Crippen molar-refractivity contribution in [1.82, 2.24) is 4.90 Å². The number of carbonyl (C=O) groups excluding carboxylic acids is 1. The predicted molar refractivity (Wildman–Crippen MR) is 79.8 cm³/mol. The summed E-state index contributed by atoms with van der Waals surface area (Å²) in [5, 5.41) is 8.85. The molecule has 0 heterocycles. The molecular formula is C15H21NO2S. The van der Waals surface area contributed by atoms with Crippen LogP contribution in [-0.2, 0) is 4.79 Å². The van der Waals surface area contributed by atoms with Crippen molar-refractivity contribution in [3.8, 4) is 0 Å². The summed E-state index contributed by atoms with van der Waals surface area (Å²) in [6, 6.07) is 0. The van der Waals surface area contributed by atoms with Crippen LogP contribution in [-0.4, -0.2) is 33.9 Å². The van der Waals surface area contributed by atoms with Gasteiger partial charge in [0.15, 0.2) is 0 Å². The fraction of sp³-hybridized carbons (Fsp3) is 0.600. The molecule has 0 spiro atoms. The molecule has 1 N–H and O–H groups in total. The number of allylic oxidation sites excluding steroid dienone is 3. The number of carbonyl (C=O) groups is 1. The van der Waals surface area contributed by atoms with Crippen LogP contribution in [0.4, 0.5) is 0 Å². The highest BCUT2D eigenvalue weighted by Crippen LogP contribution is 2.38. The Bertz CT molecular complexity index is 399. The molecule has 0 bridgehead atoms. The van der Waals surface area contributed by atoms with E-state index in [2.05, 4.69) is 18.2 Å². The molecule has 2 rings (SSSR count). The molecule has 2 aliphatic rings. The lowest BCUT2D eigenvalue weighted by atomic mass is 9.76. The summed E-state index contributed by atoms with van der Waals surface area (Å²) >= 11 is 5.10. The Morgan fingerprint density at radius 2 is 2.32 bits per heavy atom. The van der Waals surface area contributed by atoms with E-state index >= 15 is 0 Å². The maximum Gasteiger partial charge on any atom is 0.145 e. The van der Waals surface area contributed by atoms with Gasteiger partial charge < -0.3 is 14.8 Å². The van der Waals surface area contributed by atoms with Crippen molar-refractivity contribution in [3.05, 3.63) is 23.9 Å². The average molecular weight is 279 g/mol. The van der Waals surface area contributed by atoms with Gasteiger partial charge in [-0.25, -0.2) is 0 Å². The number of thiocarbonyl (C=S) groups is 1. The van der Waals surface area contributed by atoms with Crippen LogP contribution in [0, 0.1) is 5.92 Å². The summed E-state index contributed by atoms with van der Waals surface area (Å²) in [4.78, 5) is 13.3. The van der Waals surface area contributed by atoms with E-state index in [0.717, 1.165) is 50.5 Å². The van der Waals surface area contributed by atoms with Crippen molar-refractivity contribution in [2.45, 2.75) is 44.1 Å². The van der Waals surface area contributed by atoms with Gasteiger partial charge in [0.2, 0.25) is 0 Å². The third-order valence-corrected chi connectivity index (χ3v) is 4.41. The summed E-state index contributed by atoms with van der Waals surface area (Å²) in [6.07, 6.45) is 13.1. The number of hydrogen-bond acceptors (Lipinski definition) is 3. The van der Waals surface area contributed by atoms with Crippen LogP contribution >= 0.6 is 12.2 Å². The normalized spacial score (nSPS) is 24.3. The van der Waals surface area contributed by atoms with E-state index in [4.69, 9.17) is 17.3 Å². The molecule has 2 aliphatic carbocycles. The standard InChI is InChI=1S/C15H21NO2S/c17-10-1-3-13-4-6-14(7-5-13)16(12-19)15(11-18)8-2-9-15/h4,6-7,11-13,17H,1-3,5,8-10H2. The Morgan fingerprint density at radius 1 is 1.53 bits per heavy atom. The van der Waals surface area contributed by atoms with E-state index in [9.17, 15) is 4.79 Å². The highest BCUT2D eigenvalue weighted by Gasteiger charge is 2.42. The number of rotatable bonds is 7. The van der Waals surface area contributed by atoms with Crippen molar-refractivity contribution in [2.75, 3.05) is 6.61 Å². The fourth-order valence-corrected chi connectivity index (χ4v) is 3.11. The monoisotopic (exact) mass is 279 g/mol. The first-order chi connectivity index (χ1) is 9.25. The van der Waals surface area contributed by atoms with E-state index in [0.29, 0.717) is 5.92 Å². The third-order valence-electron chi connectivity index (χ3n) is 4.20. The van der Waals surface area contributed by atoms with Gasteiger partial charge in [-0.05, 0) is 50.5 Å². The van der Waals surface area contributed by atoms with E-state index in [1.54, 1.807) is 5.49 Å². The van der Waals surface area contributed by atoms with Crippen LogP contribution in [0.15, 0.2) is 23.9 Å². The SMILES string of the molecule is O=CC1(N(C=S)C2=CCC(CCCO)C=C2)CCC1. The topological polar surface area (TPSA) is 40.5 Å². The first-order valence-electron chi connectivity index (χ1n) is 6.96. The van der Waals surface area contributed by atoms with Crippen LogP contribution in [0.5, 0.6) is 0 Å². The molecule has 1 atom stereocenters. The first-order valence-corrected chi connectivity index (χ1v) is 7.43. The van der Waals surface area contributed by atoms with Gasteiger partial charge in [0.05, 0.1) is 5.49 Å². The molecular weight excluding hydrogens is 258 g/mol. The lowest BCUT2D eigenvalue weighted by Crippen LogP contribution is -2.53. The van der Waals surface area contributed by atoms with E-state index < -0.39 is 5.54 Å². The minimum absolute atomic E-state index is 0.251. The molecule has 0 radical (unpaired) electrons. The third kappa shape index (κ3) is 2.95. The molecule has 0 amide bonds. The van der Waals surface area contributed by atoms with Crippen LogP contribution < -0.4 is 0 Å². The second-order valence-corrected chi connectivity index (χ2v) is 5.61. The molecule has 19 heavy (non-hydrogen) atoms. The van der Waals surface area contributed by atoms with Gasteiger partial charge in [0, 0.05) is 12.3 Å². The fourth-order valence-electron chi connectivity index (χ4n) is 2.78. The molecule has 4 heteroatoms. The van der Waals surface area contributed by atoms with E-state index in [1.165, 1.54) is 0 Å². The van der Waals surface area contributed by atoms with Gasteiger partial charge in [0.25, 0.3) is 0 Å². The Hall–Kier alpha value is -1.00. The van der Waals surface area contributed by atoms with Crippen molar-refractivity contribution in [1.29, 1.82) is 0 Å². The number of hydrogen-bond donors (Lipinski definition) is 1. The van der Waals surface area contributed by atoms with E-state index in [-0.39, 0.29) is 6.61 Å². The summed E-state index contributed by atoms with van der Waals surface area (Å²) in [5.74, 6) is 0.497. The van der Waals surface area contributed by atoms with Gasteiger partial charge in [0.1, 0.15) is 11.8 Å². The first kappa shape index (κ1) is 14.4. The molecule has 0 aromatic heterocycles. The van der Waals surface area contributed by atoms with Crippen molar-refractivity contribution in [3.63, 3.8) is 0 Å². The van der Waals surface area contributed by atoms with Gasteiger partial charge in [-0.2, -0.15) is 0 Å². The van der Waals surface area contributed by atoms with Crippen LogP contribution in [0.25, 0.3) is 0 Å². The number of aliphatic hydroxyl groups excluding tert-OH is 1. The molecule has 3 nitrogen and oxygen atoms in total. The molecule has 0 saturated heterocycles. The van der Waals surface area contributed by atoms with Crippen LogP contribution in [0.1, 0.15) is 38.5 Å². The second kappa shape index (κ2) is 6.44. The molecule has 1 fully saturated rings. The summed E-state index contributed by atoms with van der Waals surface area (Å²) in [7, 11) is 0. The van der Waals surface area contributed by atoms with E-state index in [1.807, 2.05) is 4.90 Å². The lowest BCUT2D eigenvalue weighted by molar-refractivity contribution is -0.119. The smallest absolute Gasteiger partial charge is 0.145 e. The Morgan fingerprint density at radius 3 is 2.74 bits per heavy atom. The zero-order valence-corrected chi connectivity index (χ0v) is 11.9. The maximum absolute atomic E-state index is 11.4. The highest BCUT2D eigenvalue weighted by molar-refractivity contribution is 7.78. The summed E-state index contributed by atoms with van der Waals surface area (Å²) in [5.41, 5.74) is 2.26. The molecule has 0 aliphatic heterocycles. The zero-order chi connectivity index (χ0) is 13.7. The zero-order valence-electron chi connectivity index (χ0n) is 11.1. The van der Waals surface area contributed by atoms with Crippen molar-refractivity contribution >= 4 is 24.0 Å². The number of aliphatic hydroxyl groups is 1.